The number of carboxylic acids is 1. The van der Waals surface area contributed by atoms with Gasteiger partial charge >= 0.3 is 25.7 Å². The number of rotatable bonds is 37. The minimum Gasteiger partial charge on any atom is -0.480 e. The summed E-state index contributed by atoms with van der Waals surface area (Å²) in [6.07, 6.45) is 35.0. The minimum atomic E-state index is -4.75. The van der Waals surface area contributed by atoms with Crippen molar-refractivity contribution < 1.29 is 52.6 Å². The lowest BCUT2D eigenvalue weighted by atomic mass is 10.0. The van der Waals surface area contributed by atoms with Crippen LogP contribution in [0.4, 0.5) is 0 Å². The number of hydrogen-bond acceptors (Lipinski definition) is 10. The van der Waals surface area contributed by atoms with Crippen molar-refractivity contribution in [2.75, 3.05) is 19.8 Å². The van der Waals surface area contributed by atoms with Gasteiger partial charge in [-0.15, -0.1) is 0 Å². The Bertz CT molecular complexity index is 1120. The highest BCUT2D eigenvalue weighted by atomic mass is 31.2. The number of allylic oxidation sites excluding steroid dienone is 6. The van der Waals surface area contributed by atoms with Crippen LogP contribution in [0, 0.1) is 0 Å². The molecule has 0 aromatic carbocycles. The summed E-state index contributed by atoms with van der Waals surface area (Å²) < 4.78 is 32.5. The average Bonchev–Trinajstić information content (AvgIpc) is 3.14. The number of aliphatic hydroxyl groups is 1. The summed E-state index contributed by atoms with van der Waals surface area (Å²) in [5.41, 5.74) is 5.31. The van der Waals surface area contributed by atoms with Crippen LogP contribution in [0.3, 0.4) is 0 Å². The number of esters is 2. The van der Waals surface area contributed by atoms with Gasteiger partial charge < -0.3 is 30.3 Å². The lowest BCUT2D eigenvalue weighted by Crippen LogP contribution is -2.34. The summed E-state index contributed by atoms with van der Waals surface area (Å²) in [5.74, 6) is -2.53. The Morgan fingerprint density at radius 2 is 1.22 bits per heavy atom. The van der Waals surface area contributed by atoms with Gasteiger partial charge in [-0.05, 0) is 44.9 Å². The molecule has 13 heteroatoms. The van der Waals surface area contributed by atoms with Crippen molar-refractivity contribution in [1.82, 2.24) is 0 Å². The van der Waals surface area contributed by atoms with Gasteiger partial charge in [0.25, 0.3) is 0 Å². The number of phosphoric ester groups is 1. The van der Waals surface area contributed by atoms with E-state index in [1.54, 1.807) is 18.2 Å². The molecule has 2 unspecified atom stereocenters. The van der Waals surface area contributed by atoms with Crippen molar-refractivity contribution in [3.63, 3.8) is 0 Å². The van der Waals surface area contributed by atoms with Gasteiger partial charge in [0, 0.05) is 12.8 Å². The van der Waals surface area contributed by atoms with Gasteiger partial charge in [0.15, 0.2) is 6.10 Å². The van der Waals surface area contributed by atoms with Gasteiger partial charge in [-0.2, -0.15) is 0 Å². The van der Waals surface area contributed by atoms with Crippen molar-refractivity contribution in [2.45, 2.75) is 173 Å². The molecule has 0 aromatic rings. The molecular weight excluding hydrogens is 713 g/mol. The highest BCUT2D eigenvalue weighted by Gasteiger charge is 2.28. The van der Waals surface area contributed by atoms with Crippen LogP contribution in [-0.4, -0.2) is 71.1 Å². The van der Waals surface area contributed by atoms with Gasteiger partial charge in [0.05, 0.1) is 19.3 Å². The van der Waals surface area contributed by atoms with E-state index in [0.29, 0.717) is 25.7 Å². The first-order chi connectivity index (χ1) is 26.0. The smallest absolute Gasteiger partial charge is 0.472 e. The molecule has 54 heavy (non-hydrogen) atoms. The maximum absolute atomic E-state index is 12.6. The number of carbonyl (C=O) groups excluding carboxylic acids is 2. The molecule has 0 aliphatic heterocycles. The maximum atomic E-state index is 12.6. The van der Waals surface area contributed by atoms with Gasteiger partial charge in [-0.1, -0.05) is 146 Å². The van der Waals surface area contributed by atoms with Crippen LogP contribution in [0.25, 0.3) is 0 Å². The summed E-state index contributed by atoms with van der Waals surface area (Å²) in [6.45, 7) is 2.60. The third kappa shape index (κ3) is 35.1. The molecule has 0 heterocycles. The molecule has 0 saturated carbocycles. The maximum Gasteiger partial charge on any atom is 0.472 e. The molecule has 5 N–H and O–H groups in total. The molecular formula is C41H72NO11P. The highest BCUT2D eigenvalue weighted by Crippen LogP contribution is 2.43. The summed E-state index contributed by atoms with van der Waals surface area (Å²) in [6, 6.07) is -1.54. The van der Waals surface area contributed by atoms with Gasteiger partial charge in [0.1, 0.15) is 12.6 Å². The topological polar surface area (TPSA) is 192 Å². The Morgan fingerprint density at radius 1 is 0.667 bits per heavy atom. The van der Waals surface area contributed by atoms with Crippen LogP contribution in [-0.2, 0) is 37.5 Å². The van der Waals surface area contributed by atoms with Crippen LogP contribution < -0.4 is 5.73 Å². The third-order valence-electron chi connectivity index (χ3n) is 8.41. The second kappa shape index (κ2) is 36.1. The van der Waals surface area contributed by atoms with Crippen molar-refractivity contribution in [2.24, 2.45) is 5.73 Å². The van der Waals surface area contributed by atoms with E-state index >= 15 is 0 Å². The predicted octanol–water partition coefficient (Wildman–Crippen LogP) is 9.19. The average molecular weight is 786 g/mol. The number of nitrogens with two attached hydrogens (primary N) is 1. The summed E-state index contributed by atoms with van der Waals surface area (Å²) in [4.78, 5) is 45.8. The molecule has 0 fully saturated rings. The Balaban J connectivity index is 4.61. The van der Waals surface area contributed by atoms with Crippen LogP contribution >= 0.6 is 7.82 Å². The quantitative estimate of drug-likeness (QED) is 0.0154. The zero-order valence-corrected chi connectivity index (χ0v) is 34.1. The second-order valence-corrected chi connectivity index (χ2v) is 15.1. The third-order valence-corrected chi connectivity index (χ3v) is 9.36. The molecule has 0 aromatic heterocycles. The van der Waals surface area contributed by atoms with Gasteiger partial charge in [-0.25, -0.2) is 4.57 Å². The van der Waals surface area contributed by atoms with E-state index in [0.717, 1.165) is 32.1 Å². The fourth-order valence-electron chi connectivity index (χ4n) is 5.14. The molecule has 0 spiro atoms. The number of carbonyl (C=O) groups is 3. The molecule has 312 valence electrons. The van der Waals surface area contributed by atoms with Gasteiger partial charge in [0.2, 0.25) is 0 Å². The second-order valence-electron chi connectivity index (χ2n) is 13.6. The van der Waals surface area contributed by atoms with E-state index < -0.39 is 63.8 Å². The highest BCUT2D eigenvalue weighted by molar-refractivity contribution is 7.47. The van der Waals surface area contributed by atoms with Gasteiger partial charge in [-0.3, -0.25) is 23.4 Å². The number of phosphoric acid groups is 1. The molecule has 0 radical (unpaired) electrons. The van der Waals surface area contributed by atoms with Crippen LogP contribution in [0.1, 0.15) is 155 Å². The van der Waals surface area contributed by atoms with Crippen LogP contribution in [0.15, 0.2) is 48.6 Å². The van der Waals surface area contributed by atoms with Crippen molar-refractivity contribution in [1.29, 1.82) is 0 Å². The largest absolute Gasteiger partial charge is 0.480 e. The summed E-state index contributed by atoms with van der Waals surface area (Å²) in [5, 5.41) is 19.0. The van der Waals surface area contributed by atoms with Crippen LogP contribution in [0.5, 0.6) is 0 Å². The number of ether oxygens (including phenoxy) is 2. The molecule has 0 aliphatic carbocycles. The van der Waals surface area contributed by atoms with Crippen LogP contribution in [0.2, 0.25) is 0 Å². The van der Waals surface area contributed by atoms with E-state index in [9.17, 15) is 28.9 Å². The van der Waals surface area contributed by atoms with E-state index in [2.05, 4.69) is 30.5 Å². The first-order valence-corrected chi connectivity index (χ1v) is 21.8. The molecule has 0 saturated heterocycles. The standard InChI is InChI=1S/C41H72NO11P/c1-3-5-7-9-11-13-14-15-17-19-23-27-31-39(44)50-33-37(34-51-54(48,49)52-35-38(42)41(46)47)53-40(45)32-28-24-20-22-26-30-36(43)29-25-21-18-16-12-10-8-6-4-2/h12,16,20-22,25-26,30,36-38,43H,3-11,13-15,17-19,23-24,27-29,31-35,42H2,1-2H3,(H,46,47)(H,48,49)/b16-12-,22-20+,25-21-,30-26-/t36?,37-,38+/m1/s1. The van der Waals surface area contributed by atoms with E-state index in [-0.39, 0.29) is 12.8 Å². The molecule has 0 amide bonds. The Labute approximate surface area is 325 Å². The molecule has 0 bridgehead atoms. The lowest BCUT2D eigenvalue weighted by Gasteiger charge is -2.20. The van der Waals surface area contributed by atoms with E-state index in [4.69, 9.17) is 24.8 Å². The van der Waals surface area contributed by atoms with E-state index in [1.807, 2.05) is 18.2 Å². The number of aliphatic hydroxyl groups excluding tert-OH is 1. The monoisotopic (exact) mass is 785 g/mol. The zero-order chi connectivity index (χ0) is 40.1. The molecule has 0 aliphatic rings. The first kappa shape index (κ1) is 51.4. The van der Waals surface area contributed by atoms with Crippen molar-refractivity contribution in [3.05, 3.63) is 48.6 Å². The fraction of sp³-hybridized carbons (Fsp3) is 0.732. The van der Waals surface area contributed by atoms with E-state index in [1.165, 1.54) is 70.6 Å². The number of hydrogen-bond donors (Lipinski definition) is 4. The number of aliphatic carboxylic acids is 1. The molecule has 4 atom stereocenters. The number of unbranched alkanes of at least 4 members (excludes halogenated alkanes) is 15. The molecule has 12 nitrogen and oxygen atoms in total. The summed E-state index contributed by atoms with van der Waals surface area (Å²) in [7, 11) is -4.75. The molecule has 0 rings (SSSR count). The predicted molar refractivity (Wildman–Crippen MR) is 214 cm³/mol. The normalized spacial score (nSPS) is 14.9. The SMILES string of the molecule is CCCCC/C=C\C/C=C\CC(O)/C=C\C=C\CCCC(=O)O[C@H](COC(=O)CCCCCCCCCCCCCC)COP(=O)(O)OC[C@H](N)C(=O)O. The first-order valence-electron chi connectivity index (χ1n) is 20.3. The van der Waals surface area contributed by atoms with Crippen molar-refractivity contribution in [3.8, 4) is 0 Å². The zero-order valence-electron chi connectivity index (χ0n) is 33.2. The number of carboxylic acid groups (broad SMARTS) is 1. The lowest BCUT2D eigenvalue weighted by molar-refractivity contribution is -0.161. The summed E-state index contributed by atoms with van der Waals surface area (Å²) >= 11 is 0. The minimum absolute atomic E-state index is 0.0264. The Kier molecular flexibility index (Phi) is 34.3. The fourth-order valence-corrected chi connectivity index (χ4v) is 5.91. The Morgan fingerprint density at radius 3 is 1.87 bits per heavy atom. The Hall–Kier alpha value is -2.60. The van der Waals surface area contributed by atoms with Crippen molar-refractivity contribution >= 4 is 25.7 Å².